The van der Waals surface area contributed by atoms with Gasteiger partial charge in [0.05, 0.1) is 6.61 Å². The van der Waals surface area contributed by atoms with Crippen LogP contribution in [0.5, 0.6) is 17.2 Å². The second-order valence-electron chi connectivity index (χ2n) is 7.18. The van der Waals surface area contributed by atoms with Crippen molar-refractivity contribution >= 4 is 12.0 Å². The Kier molecular flexibility index (Phi) is 4.00. The Morgan fingerprint density at radius 1 is 1.04 bits per heavy atom. The summed E-state index contributed by atoms with van der Waals surface area (Å²) < 4.78 is 16.3. The summed E-state index contributed by atoms with van der Waals surface area (Å²) in [5.74, 6) is 2.95. The van der Waals surface area contributed by atoms with Gasteiger partial charge in [-0.2, -0.15) is 0 Å². The van der Waals surface area contributed by atoms with Crippen LogP contribution >= 0.6 is 0 Å². The molecular formula is C22H21NO4. The Hall–Kier alpha value is -2.95. The molecule has 138 valence electrons. The van der Waals surface area contributed by atoms with Crippen LogP contribution in [0.3, 0.4) is 0 Å². The molecule has 5 heteroatoms. The van der Waals surface area contributed by atoms with Gasteiger partial charge in [0.2, 0.25) is 12.7 Å². The first-order valence-electron chi connectivity index (χ1n) is 9.38. The summed E-state index contributed by atoms with van der Waals surface area (Å²) in [4.78, 5) is 14.5. The Balaban J connectivity index is 1.24. The summed E-state index contributed by atoms with van der Waals surface area (Å²) in [6.45, 7) is 2.59. The molecule has 0 saturated carbocycles. The van der Waals surface area contributed by atoms with Gasteiger partial charge >= 0.3 is 0 Å². The zero-order valence-corrected chi connectivity index (χ0v) is 15.0. The molecule has 0 aliphatic carbocycles. The average Bonchev–Trinajstić information content (AvgIpc) is 3.45. The molecule has 1 atom stereocenters. The lowest BCUT2D eigenvalue weighted by Gasteiger charge is -2.15. The lowest BCUT2D eigenvalue weighted by Crippen LogP contribution is -2.26. The summed E-state index contributed by atoms with van der Waals surface area (Å²) >= 11 is 0. The summed E-state index contributed by atoms with van der Waals surface area (Å²) in [5, 5.41) is 0. The van der Waals surface area contributed by atoms with Crippen LogP contribution in [0, 0.1) is 0 Å². The van der Waals surface area contributed by atoms with E-state index in [1.165, 1.54) is 11.1 Å². The van der Waals surface area contributed by atoms with E-state index in [4.69, 9.17) is 14.2 Å². The molecule has 0 aromatic heterocycles. The van der Waals surface area contributed by atoms with Crippen LogP contribution < -0.4 is 14.2 Å². The highest BCUT2D eigenvalue weighted by Crippen LogP contribution is 2.34. The van der Waals surface area contributed by atoms with Gasteiger partial charge in [0.25, 0.3) is 0 Å². The number of benzene rings is 2. The SMILES string of the molecule is O=C(C=Cc1ccc2c(c1)OCO2)N1CCC(c2ccc3c(c2)CCO3)C1. The molecule has 0 N–H and O–H groups in total. The molecule has 3 heterocycles. The average molecular weight is 363 g/mol. The van der Waals surface area contributed by atoms with Crippen molar-refractivity contribution in [3.63, 3.8) is 0 Å². The van der Waals surface area contributed by atoms with Crippen molar-refractivity contribution in [1.29, 1.82) is 0 Å². The Labute approximate surface area is 158 Å². The van der Waals surface area contributed by atoms with Gasteiger partial charge < -0.3 is 19.1 Å². The van der Waals surface area contributed by atoms with E-state index in [0.717, 1.165) is 55.4 Å². The minimum atomic E-state index is 0.0552. The molecule has 5 nitrogen and oxygen atoms in total. The molecule has 0 spiro atoms. The summed E-state index contributed by atoms with van der Waals surface area (Å²) in [6.07, 6.45) is 5.47. The zero-order chi connectivity index (χ0) is 18.2. The van der Waals surface area contributed by atoms with Gasteiger partial charge in [-0.3, -0.25) is 4.79 Å². The molecule has 3 aliphatic heterocycles. The van der Waals surface area contributed by atoms with E-state index in [2.05, 4.69) is 18.2 Å². The number of nitrogens with zero attached hydrogens (tertiary/aromatic N) is 1. The van der Waals surface area contributed by atoms with Crippen LogP contribution in [0.2, 0.25) is 0 Å². The molecule has 1 unspecified atom stereocenters. The quantitative estimate of drug-likeness (QED) is 0.785. The zero-order valence-electron chi connectivity index (χ0n) is 15.0. The van der Waals surface area contributed by atoms with Crippen molar-refractivity contribution in [2.24, 2.45) is 0 Å². The molecule has 2 aromatic rings. The maximum atomic E-state index is 12.6. The molecule has 0 bridgehead atoms. The fraction of sp³-hybridized carbons (Fsp3) is 0.318. The van der Waals surface area contributed by atoms with Gasteiger partial charge in [-0.15, -0.1) is 0 Å². The largest absolute Gasteiger partial charge is 0.493 e. The molecule has 5 rings (SSSR count). The highest BCUT2D eigenvalue weighted by molar-refractivity contribution is 5.92. The van der Waals surface area contributed by atoms with Crippen molar-refractivity contribution in [1.82, 2.24) is 4.90 Å². The molecule has 27 heavy (non-hydrogen) atoms. The van der Waals surface area contributed by atoms with E-state index in [1.54, 1.807) is 6.08 Å². The minimum Gasteiger partial charge on any atom is -0.493 e. The van der Waals surface area contributed by atoms with Crippen molar-refractivity contribution in [3.05, 3.63) is 59.2 Å². The van der Waals surface area contributed by atoms with Gasteiger partial charge in [-0.1, -0.05) is 18.2 Å². The van der Waals surface area contributed by atoms with Crippen LogP contribution in [-0.4, -0.2) is 37.3 Å². The number of hydrogen-bond acceptors (Lipinski definition) is 4. The van der Waals surface area contributed by atoms with E-state index < -0.39 is 0 Å². The third-order valence-electron chi connectivity index (χ3n) is 5.50. The van der Waals surface area contributed by atoms with Crippen molar-refractivity contribution in [3.8, 4) is 17.2 Å². The molecule has 1 saturated heterocycles. The molecule has 1 fully saturated rings. The number of hydrogen-bond donors (Lipinski definition) is 0. The number of carbonyl (C=O) groups is 1. The van der Waals surface area contributed by atoms with Gasteiger partial charge in [0.1, 0.15) is 5.75 Å². The second-order valence-corrected chi connectivity index (χ2v) is 7.18. The van der Waals surface area contributed by atoms with Gasteiger partial charge in [-0.25, -0.2) is 0 Å². The van der Waals surface area contributed by atoms with E-state index in [1.807, 2.05) is 29.2 Å². The summed E-state index contributed by atoms with van der Waals surface area (Å²) in [7, 11) is 0. The maximum Gasteiger partial charge on any atom is 0.246 e. The van der Waals surface area contributed by atoms with Gasteiger partial charge in [-0.05, 0) is 47.4 Å². The fourth-order valence-corrected chi connectivity index (χ4v) is 3.98. The topological polar surface area (TPSA) is 48.0 Å². The normalized spacial score (nSPS) is 20.1. The van der Waals surface area contributed by atoms with Gasteiger partial charge in [0, 0.05) is 31.5 Å². The van der Waals surface area contributed by atoms with Crippen LogP contribution in [0.4, 0.5) is 0 Å². The second kappa shape index (κ2) is 6.65. The minimum absolute atomic E-state index is 0.0552. The van der Waals surface area contributed by atoms with E-state index in [9.17, 15) is 4.79 Å². The number of rotatable bonds is 3. The number of carbonyl (C=O) groups excluding carboxylic acids is 1. The third kappa shape index (κ3) is 3.14. The lowest BCUT2D eigenvalue weighted by molar-refractivity contribution is -0.124. The standard InChI is InChI=1S/C22H21NO4/c24-22(6-2-15-1-4-20-21(11-15)27-14-26-20)23-9-7-18(13-23)16-3-5-19-17(12-16)8-10-25-19/h1-6,11-12,18H,7-10,13-14H2. The molecule has 3 aliphatic rings. The van der Waals surface area contributed by atoms with E-state index in [-0.39, 0.29) is 12.7 Å². The molecule has 1 amide bonds. The van der Waals surface area contributed by atoms with Crippen molar-refractivity contribution < 1.29 is 19.0 Å². The Morgan fingerprint density at radius 2 is 1.93 bits per heavy atom. The van der Waals surface area contributed by atoms with Crippen LogP contribution in [0.15, 0.2) is 42.5 Å². The number of likely N-dealkylation sites (tertiary alicyclic amines) is 1. The predicted octanol–water partition coefficient (Wildman–Crippen LogP) is 3.38. The first-order chi connectivity index (χ1) is 13.3. The lowest BCUT2D eigenvalue weighted by atomic mass is 9.96. The molecular weight excluding hydrogens is 342 g/mol. The number of fused-ring (bicyclic) bond motifs is 2. The first-order valence-corrected chi connectivity index (χ1v) is 9.38. The van der Waals surface area contributed by atoms with Crippen molar-refractivity contribution in [2.45, 2.75) is 18.8 Å². The molecule has 0 radical (unpaired) electrons. The van der Waals surface area contributed by atoms with Crippen LogP contribution in [0.1, 0.15) is 29.0 Å². The molecule has 2 aromatic carbocycles. The number of amides is 1. The highest BCUT2D eigenvalue weighted by Gasteiger charge is 2.27. The monoisotopic (exact) mass is 363 g/mol. The Morgan fingerprint density at radius 3 is 2.89 bits per heavy atom. The first kappa shape index (κ1) is 16.2. The van der Waals surface area contributed by atoms with Crippen molar-refractivity contribution in [2.75, 3.05) is 26.5 Å². The van der Waals surface area contributed by atoms with E-state index >= 15 is 0 Å². The van der Waals surface area contributed by atoms with Crippen LogP contribution in [-0.2, 0) is 11.2 Å². The third-order valence-corrected chi connectivity index (χ3v) is 5.50. The van der Waals surface area contributed by atoms with E-state index in [0.29, 0.717) is 5.92 Å². The van der Waals surface area contributed by atoms with Gasteiger partial charge in [0.15, 0.2) is 11.5 Å². The van der Waals surface area contributed by atoms with Crippen LogP contribution in [0.25, 0.3) is 6.08 Å². The number of ether oxygens (including phenoxy) is 3. The summed E-state index contributed by atoms with van der Waals surface area (Å²) in [5.41, 5.74) is 3.54. The summed E-state index contributed by atoms with van der Waals surface area (Å²) in [6, 6.07) is 12.2. The predicted molar refractivity (Wildman–Crippen MR) is 101 cm³/mol. The smallest absolute Gasteiger partial charge is 0.246 e. The maximum absolute atomic E-state index is 12.6. The Bertz CT molecular complexity index is 921. The fourth-order valence-electron chi connectivity index (χ4n) is 3.98. The highest BCUT2D eigenvalue weighted by atomic mass is 16.7.